The van der Waals surface area contributed by atoms with E-state index in [1.54, 1.807) is 25.1 Å². The molecule has 1 unspecified atom stereocenters. The summed E-state index contributed by atoms with van der Waals surface area (Å²) in [6, 6.07) is 7.44. The van der Waals surface area contributed by atoms with Crippen LogP contribution in [-0.2, 0) is 4.74 Å². The third kappa shape index (κ3) is 8.62. The van der Waals surface area contributed by atoms with Gasteiger partial charge in [-0.15, -0.1) is 24.0 Å². The minimum atomic E-state index is -0.493. The summed E-state index contributed by atoms with van der Waals surface area (Å²) in [5, 5.41) is 13.5. The van der Waals surface area contributed by atoms with E-state index >= 15 is 0 Å². The third-order valence-corrected chi connectivity index (χ3v) is 4.91. The second kappa shape index (κ2) is 12.2. The average molecular weight is 547 g/mol. The van der Waals surface area contributed by atoms with E-state index in [4.69, 9.17) is 4.74 Å². The molecule has 0 spiro atoms. The minimum Gasteiger partial charge on any atom is -0.506 e. The molecule has 1 heterocycles. The largest absolute Gasteiger partial charge is 0.506 e. The van der Waals surface area contributed by atoms with Crippen LogP contribution < -0.4 is 10.2 Å². The molecule has 1 aromatic rings. The highest BCUT2D eigenvalue weighted by atomic mass is 127. The highest BCUT2D eigenvalue weighted by molar-refractivity contribution is 14.0. The van der Waals surface area contributed by atoms with Gasteiger partial charge in [-0.05, 0) is 38.8 Å². The molecule has 1 aliphatic heterocycles. The van der Waals surface area contributed by atoms with E-state index in [1.807, 2.05) is 39.0 Å². The molecule has 176 valence electrons. The Morgan fingerprint density at radius 1 is 1.26 bits per heavy atom. The maximum atomic E-state index is 12.1. The number of hydrogen-bond acceptors (Lipinski definition) is 5. The molecule has 0 aromatic heterocycles. The van der Waals surface area contributed by atoms with Crippen LogP contribution >= 0.6 is 24.0 Å². The first kappa shape index (κ1) is 27.1. The Hall–Kier alpha value is -1.91. The summed E-state index contributed by atoms with van der Waals surface area (Å²) in [6.45, 7) is 12.3. The first-order chi connectivity index (χ1) is 14.1. The van der Waals surface area contributed by atoms with Gasteiger partial charge in [0, 0.05) is 53.4 Å². The fourth-order valence-electron chi connectivity index (χ4n) is 3.43. The summed E-state index contributed by atoms with van der Waals surface area (Å²) in [6.07, 6.45) is -0.306. The van der Waals surface area contributed by atoms with Crippen LogP contribution in [0, 0.1) is 5.92 Å². The monoisotopic (exact) mass is 547 g/mol. The quantitative estimate of drug-likeness (QED) is 0.335. The highest BCUT2D eigenvalue weighted by Gasteiger charge is 2.23. The van der Waals surface area contributed by atoms with Gasteiger partial charge in [-0.1, -0.05) is 19.1 Å². The normalized spacial score (nSPS) is 15.7. The zero-order valence-corrected chi connectivity index (χ0v) is 21.9. The van der Waals surface area contributed by atoms with Crippen LogP contribution in [0.4, 0.5) is 10.5 Å². The lowest BCUT2D eigenvalue weighted by atomic mass is 10.1. The lowest BCUT2D eigenvalue weighted by Gasteiger charge is -2.38. The first-order valence-electron chi connectivity index (χ1n) is 10.5. The number of piperazine rings is 1. The predicted octanol–water partition coefficient (Wildman–Crippen LogP) is 3.21. The van der Waals surface area contributed by atoms with Crippen LogP contribution in [-0.4, -0.2) is 85.9 Å². The van der Waals surface area contributed by atoms with Crippen LogP contribution in [0.5, 0.6) is 5.75 Å². The van der Waals surface area contributed by atoms with Crippen LogP contribution in [0.3, 0.4) is 0 Å². The fraction of sp³-hybridized carbons (Fsp3) is 0.636. The molecular weight excluding hydrogens is 509 g/mol. The van der Waals surface area contributed by atoms with E-state index in [9.17, 15) is 9.90 Å². The fourth-order valence-corrected chi connectivity index (χ4v) is 3.43. The van der Waals surface area contributed by atoms with Crippen molar-refractivity contribution >= 4 is 41.7 Å². The first-order valence-corrected chi connectivity index (χ1v) is 10.5. The molecule has 31 heavy (non-hydrogen) atoms. The second-order valence-electron chi connectivity index (χ2n) is 8.86. The number of para-hydroxylation sites is 2. The van der Waals surface area contributed by atoms with Crippen LogP contribution in [0.2, 0.25) is 0 Å². The number of rotatable bonds is 5. The van der Waals surface area contributed by atoms with Gasteiger partial charge >= 0.3 is 6.09 Å². The lowest BCUT2D eigenvalue weighted by molar-refractivity contribution is 0.0277. The number of nitrogens with one attached hydrogen (secondary N) is 1. The summed E-state index contributed by atoms with van der Waals surface area (Å²) in [4.78, 5) is 22.6. The lowest BCUT2D eigenvalue weighted by Crippen LogP contribution is -2.53. The number of carbonyl (C=O) groups is 1. The number of aromatic hydroxyl groups is 1. The molecule has 1 aromatic carbocycles. The summed E-state index contributed by atoms with van der Waals surface area (Å²) in [5.74, 6) is 1.41. The maximum Gasteiger partial charge on any atom is 0.410 e. The Balaban J connectivity index is 0.00000480. The van der Waals surface area contributed by atoms with E-state index in [0.29, 0.717) is 18.8 Å². The number of aliphatic imine (C=N–C) groups is 1. The topological polar surface area (TPSA) is 80.6 Å². The van der Waals surface area contributed by atoms with Crippen LogP contribution in [0.15, 0.2) is 29.3 Å². The Kier molecular flexibility index (Phi) is 10.7. The standard InChI is InChI=1S/C22H37N5O3.HI/c1-17(16-25(6)21(29)30-22(2,3)4)15-24-20(23-5)27-13-11-26(12-14-27)18-9-7-8-10-19(18)28;/h7-10,17,28H,11-16H2,1-6H3,(H,23,24);1H. The zero-order chi connectivity index (χ0) is 22.3. The number of hydrogen-bond donors (Lipinski definition) is 2. The highest BCUT2D eigenvalue weighted by Crippen LogP contribution is 2.27. The Morgan fingerprint density at radius 2 is 1.87 bits per heavy atom. The molecule has 2 N–H and O–H groups in total. The number of carbonyl (C=O) groups excluding carboxylic acids is 1. The Labute approximate surface area is 203 Å². The van der Waals surface area contributed by atoms with E-state index in [0.717, 1.165) is 37.8 Å². The molecule has 1 atom stereocenters. The summed E-state index contributed by atoms with van der Waals surface area (Å²) in [7, 11) is 3.55. The van der Waals surface area contributed by atoms with Crippen molar-refractivity contribution in [1.29, 1.82) is 0 Å². The minimum absolute atomic E-state index is 0. The summed E-state index contributed by atoms with van der Waals surface area (Å²) >= 11 is 0. The van der Waals surface area contributed by atoms with E-state index < -0.39 is 5.60 Å². The third-order valence-electron chi connectivity index (χ3n) is 4.91. The van der Waals surface area contributed by atoms with Crippen LogP contribution in [0.25, 0.3) is 0 Å². The van der Waals surface area contributed by atoms with Gasteiger partial charge in [0.25, 0.3) is 0 Å². The van der Waals surface area contributed by atoms with Gasteiger partial charge in [-0.3, -0.25) is 4.99 Å². The molecule has 0 bridgehead atoms. The number of phenolic OH excluding ortho intramolecular Hbond substituents is 1. The van der Waals surface area contributed by atoms with Crippen LogP contribution in [0.1, 0.15) is 27.7 Å². The van der Waals surface area contributed by atoms with E-state index in [-0.39, 0.29) is 36.0 Å². The Morgan fingerprint density at radius 3 is 2.42 bits per heavy atom. The van der Waals surface area contributed by atoms with Gasteiger partial charge in [0.1, 0.15) is 11.4 Å². The smallest absolute Gasteiger partial charge is 0.410 e. The van der Waals surface area contributed by atoms with Crippen molar-refractivity contribution in [3.05, 3.63) is 24.3 Å². The number of benzene rings is 1. The number of ether oxygens (including phenoxy) is 1. The second-order valence-corrected chi connectivity index (χ2v) is 8.86. The van der Waals surface area contributed by atoms with Gasteiger partial charge < -0.3 is 29.9 Å². The zero-order valence-electron chi connectivity index (χ0n) is 19.6. The maximum absolute atomic E-state index is 12.1. The number of phenols is 1. The van der Waals surface area contributed by atoms with Gasteiger partial charge in [-0.25, -0.2) is 4.79 Å². The molecule has 0 saturated carbocycles. The van der Waals surface area contributed by atoms with Crippen molar-refractivity contribution in [2.75, 3.05) is 58.3 Å². The van der Waals surface area contributed by atoms with Gasteiger partial charge in [-0.2, -0.15) is 0 Å². The molecule has 2 rings (SSSR count). The molecule has 1 saturated heterocycles. The SMILES string of the molecule is CN=C(NCC(C)CN(C)C(=O)OC(C)(C)C)N1CCN(c2ccccc2O)CC1.I. The van der Waals surface area contributed by atoms with Crippen molar-refractivity contribution in [2.45, 2.75) is 33.3 Å². The molecule has 8 nitrogen and oxygen atoms in total. The molecular formula is C22H38IN5O3. The van der Waals surface area contributed by atoms with Crippen molar-refractivity contribution in [2.24, 2.45) is 10.9 Å². The van der Waals surface area contributed by atoms with E-state index in [2.05, 4.69) is 27.0 Å². The van der Waals surface area contributed by atoms with Crippen molar-refractivity contribution in [3.63, 3.8) is 0 Å². The van der Waals surface area contributed by atoms with Crippen molar-refractivity contribution in [1.82, 2.24) is 15.1 Å². The average Bonchev–Trinajstić information content (AvgIpc) is 2.68. The predicted molar refractivity (Wildman–Crippen MR) is 137 cm³/mol. The van der Waals surface area contributed by atoms with Gasteiger partial charge in [0.15, 0.2) is 5.96 Å². The molecule has 0 radical (unpaired) electrons. The van der Waals surface area contributed by atoms with Gasteiger partial charge in [0.2, 0.25) is 0 Å². The molecule has 1 amide bonds. The summed E-state index contributed by atoms with van der Waals surface area (Å²) in [5.41, 5.74) is 0.381. The number of guanidine groups is 1. The molecule has 9 heteroatoms. The van der Waals surface area contributed by atoms with Gasteiger partial charge in [0.05, 0.1) is 5.69 Å². The van der Waals surface area contributed by atoms with Crippen molar-refractivity contribution < 1.29 is 14.6 Å². The molecule has 1 aliphatic rings. The number of amides is 1. The number of nitrogens with zero attached hydrogens (tertiary/aromatic N) is 4. The van der Waals surface area contributed by atoms with Crippen molar-refractivity contribution in [3.8, 4) is 5.75 Å². The molecule has 0 aliphatic carbocycles. The number of halogens is 1. The number of anilines is 1. The van der Waals surface area contributed by atoms with E-state index in [1.165, 1.54) is 0 Å². The summed E-state index contributed by atoms with van der Waals surface area (Å²) < 4.78 is 5.41. The molecule has 1 fully saturated rings. The Bertz CT molecular complexity index is 730.